The fraction of sp³-hybridized carbons (Fsp3) is 0.320. The van der Waals surface area contributed by atoms with Crippen molar-refractivity contribution >= 4 is 24.5 Å². The van der Waals surface area contributed by atoms with Crippen LogP contribution in [-0.4, -0.2) is 18.6 Å². The minimum atomic E-state index is -5.01. The maximum absolute atomic E-state index is 14.3. The molecule has 2 atom stereocenters. The lowest BCUT2D eigenvalue weighted by molar-refractivity contribution is -0.146. The largest absolute Gasteiger partial charge is 0.513 e. The molecule has 3 rings (SSSR count). The molecule has 0 aliphatic rings. The number of rotatable bonds is 11. The number of ether oxygens (including phenoxy) is 1. The minimum Gasteiger partial charge on any atom is -0.464 e. The topological polar surface area (TPSA) is 73.9 Å². The van der Waals surface area contributed by atoms with Gasteiger partial charge in [0.2, 0.25) is 34.8 Å². The molecule has 0 aliphatic carbocycles. The third-order valence-corrected chi connectivity index (χ3v) is 7.23. The molecule has 0 saturated heterocycles. The first-order valence-corrected chi connectivity index (χ1v) is 13.0. The zero-order valence-corrected chi connectivity index (χ0v) is 21.1. The molecule has 0 aromatic heterocycles. The zero-order chi connectivity index (χ0) is 27.3. The second-order valence-corrected chi connectivity index (χ2v) is 9.87. The van der Waals surface area contributed by atoms with Crippen molar-refractivity contribution in [3.8, 4) is 11.5 Å². The van der Waals surface area contributed by atoms with Crippen LogP contribution in [0.1, 0.15) is 33.6 Å². The smallest absolute Gasteiger partial charge is 0.464 e. The average molecular weight is 545 g/mol. The molecule has 0 fully saturated rings. The van der Waals surface area contributed by atoms with E-state index >= 15 is 0 Å². The highest BCUT2D eigenvalue weighted by Crippen LogP contribution is 2.48. The lowest BCUT2D eigenvalue weighted by atomic mass is 10.1. The fourth-order valence-corrected chi connectivity index (χ4v) is 4.87. The van der Waals surface area contributed by atoms with Gasteiger partial charge in [-0.25, -0.2) is 17.7 Å². The molecule has 0 heterocycles. The van der Waals surface area contributed by atoms with Crippen LogP contribution in [0.25, 0.3) is 10.8 Å². The number of benzene rings is 3. The molecule has 2 unspecified atom stereocenters. The van der Waals surface area contributed by atoms with E-state index in [1.807, 2.05) is 13.8 Å². The van der Waals surface area contributed by atoms with Gasteiger partial charge in [-0.05, 0) is 35.7 Å². The van der Waals surface area contributed by atoms with Crippen LogP contribution >= 0.6 is 7.75 Å². The summed E-state index contributed by atoms with van der Waals surface area (Å²) < 4.78 is 98.6. The lowest BCUT2D eigenvalue weighted by Crippen LogP contribution is -2.36. The molecular formula is C25H25F5NO5P. The van der Waals surface area contributed by atoms with Crippen LogP contribution in [0, 0.1) is 35.0 Å². The predicted octanol–water partition coefficient (Wildman–Crippen LogP) is 7.06. The molecule has 3 aromatic rings. The van der Waals surface area contributed by atoms with Gasteiger partial charge in [0.1, 0.15) is 11.8 Å². The monoisotopic (exact) mass is 545 g/mol. The van der Waals surface area contributed by atoms with Gasteiger partial charge in [-0.3, -0.25) is 4.79 Å². The van der Waals surface area contributed by atoms with Gasteiger partial charge in [-0.1, -0.05) is 57.0 Å². The molecule has 0 spiro atoms. The number of carbonyl (C=O) groups is 1. The van der Waals surface area contributed by atoms with Crippen LogP contribution in [-0.2, 0) is 14.1 Å². The summed E-state index contributed by atoms with van der Waals surface area (Å²) in [5.41, 5.74) is 0. The third kappa shape index (κ3) is 6.59. The number of hydrogen-bond acceptors (Lipinski definition) is 5. The summed E-state index contributed by atoms with van der Waals surface area (Å²) >= 11 is 0. The second kappa shape index (κ2) is 11.9. The lowest BCUT2D eigenvalue weighted by Gasteiger charge is -2.24. The SMILES string of the molecule is CCC(CC)COC(=O)C(C)NP(=O)(Oc1ccc2ccccc2c1)Oc1c(F)c(F)c(F)c(F)c1F. The molecule has 12 heteroatoms. The van der Waals surface area contributed by atoms with Gasteiger partial charge in [0.05, 0.1) is 6.61 Å². The van der Waals surface area contributed by atoms with Crippen LogP contribution < -0.4 is 14.1 Å². The highest BCUT2D eigenvalue weighted by Gasteiger charge is 2.38. The molecule has 6 nitrogen and oxygen atoms in total. The summed E-state index contributed by atoms with van der Waals surface area (Å²) in [7, 11) is -5.01. The average Bonchev–Trinajstić information content (AvgIpc) is 2.89. The number of esters is 1. The summed E-state index contributed by atoms with van der Waals surface area (Å²) in [5.74, 6) is -14.5. The van der Waals surface area contributed by atoms with E-state index < -0.39 is 54.6 Å². The maximum atomic E-state index is 14.3. The van der Waals surface area contributed by atoms with E-state index in [0.29, 0.717) is 5.39 Å². The fourth-order valence-electron chi connectivity index (χ4n) is 3.36. The Labute approximate surface area is 210 Å². The Bertz CT molecular complexity index is 1310. The van der Waals surface area contributed by atoms with E-state index in [4.69, 9.17) is 13.8 Å². The Morgan fingerprint density at radius 1 is 0.865 bits per heavy atom. The molecule has 3 aromatic carbocycles. The summed E-state index contributed by atoms with van der Waals surface area (Å²) in [6, 6.07) is 9.91. The Morgan fingerprint density at radius 2 is 1.43 bits per heavy atom. The van der Waals surface area contributed by atoms with E-state index in [9.17, 15) is 31.3 Å². The predicted molar refractivity (Wildman–Crippen MR) is 127 cm³/mol. The van der Waals surface area contributed by atoms with Crippen molar-refractivity contribution in [3.05, 3.63) is 71.6 Å². The quantitative estimate of drug-likeness (QED) is 0.0915. The first-order chi connectivity index (χ1) is 17.5. The minimum absolute atomic E-state index is 0.0617. The summed E-state index contributed by atoms with van der Waals surface area (Å²) in [6.45, 7) is 5.10. The van der Waals surface area contributed by atoms with Gasteiger partial charge in [-0.15, -0.1) is 0 Å². The van der Waals surface area contributed by atoms with Crippen molar-refractivity contribution in [1.29, 1.82) is 0 Å². The zero-order valence-electron chi connectivity index (χ0n) is 20.2. The Balaban J connectivity index is 1.95. The van der Waals surface area contributed by atoms with E-state index in [2.05, 4.69) is 5.09 Å². The van der Waals surface area contributed by atoms with Crippen molar-refractivity contribution in [1.82, 2.24) is 5.09 Å². The van der Waals surface area contributed by atoms with Crippen LogP contribution in [0.2, 0.25) is 0 Å². The number of nitrogens with one attached hydrogen (secondary N) is 1. The van der Waals surface area contributed by atoms with E-state index in [0.717, 1.165) is 18.2 Å². The van der Waals surface area contributed by atoms with Crippen molar-refractivity contribution in [2.24, 2.45) is 5.92 Å². The van der Waals surface area contributed by atoms with Gasteiger partial charge in [0, 0.05) is 0 Å². The van der Waals surface area contributed by atoms with E-state index in [-0.39, 0.29) is 18.3 Å². The molecule has 1 N–H and O–H groups in total. The molecule has 37 heavy (non-hydrogen) atoms. The van der Waals surface area contributed by atoms with Crippen LogP contribution in [0.3, 0.4) is 0 Å². The molecule has 0 aliphatic heterocycles. The van der Waals surface area contributed by atoms with Gasteiger partial charge in [0.15, 0.2) is 0 Å². The van der Waals surface area contributed by atoms with Gasteiger partial charge in [0.25, 0.3) is 0 Å². The summed E-state index contributed by atoms with van der Waals surface area (Å²) in [5, 5.41) is 3.57. The second-order valence-electron chi connectivity index (χ2n) is 8.25. The highest BCUT2D eigenvalue weighted by molar-refractivity contribution is 7.52. The molecule has 0 radical (unpaired) electrons. The van der Waals surface area contributed by atoms with Crippen molar-refractivity contribution in [2.45, 2.75) is 39.7 Å². The third-order valence-electron chi connectivity index (χ3n) is 5.65. The van der Waals surface area contributed by atoms with E-state index in [1.165, 1.54) is 19.1 Å². The normalized spacial score (nSPS) is 13.9. The molecule has 0 amide bonds. The standard InChI is InChI=1S/C25H25F5NO5P/c1-4-15(5-2)13-34-25(32)14(3)31-37(33,35-18-11-10-16-8-6-7-9-17(16)12-18)36-24-22(29)20(27)19(26)21(28)23(24)30/h6-12,14-15H,4-5,13H2,1-3H3,(H,31,33). The number of hydrogen-bond donors (Lipinski definition) is 1. The summed E-state index contributed by atoms with van der Waals surface area (Å²) in [6.07, 6.45) is 1.47. The number of fused-ring (bicyclic) bond motifs is 1. The molecule has 200 valence electrons. The first-order valence-electron chi connectivity index (χ1n) is 11.4. The first kappa shape index (κ1) is 28.4. The maximum Gasteiger partial charge on any atom is 0.513 e. The van der Waals surface area contributed by atoms with Crippen molar-refractivity contribution in [3.63, 3.8) is 0 Å². The van der Waals surface area contributed by atoms with Crippen LogP contribution in [0.15, 0.2) is 42.5 Å². The van der Waals surface area contributed by atoms with Gasteiger partial charge >= 0.3 is 13.7 Å². The molecule has 0 bridgehead atoms. The van der Waals surface area contributed by atoms with Crippen LogP contribution in [0.4, 0.5) is 22.0 Å². The van der Waals surface area contributed by atoms with Gasteiger partial charge in [-0.2, -0.15) is 13.9 Å². The Kier molecular flexibility index (Phi) is 9.15. The van der Waals surface area contributed by atoms with Crippen molar-refractivity contribution < 1.29 is 45.1 Å². The van der Waals surface area contributed by atoms with Crippen molar-refractivity contribution in [2.75, 3.05) is 6.61 Å². The number of carbonyl (C=O) groups excluding carboxylic acids is 1. The Hall–Kier alpha value is -3.17. The Morgan fingerprint density at radius 3 is 2.03 bits per heavy atom. The van der Waals surface area contributed by atoms with Gasteiger partial charge < -0.3 is 13.8 Å². The molecule has 0 saturated carbocycles. The number of halogens is 5. The molecular weight excluding hydrogens is 520 g/mol. The highest BCUT2D eigenvalue weighted by atomic mass is 31.2. The summed E-state index contributed by atoms with van der Waals surface area (Å²) in [4.78, 5) is 12.5. The van der Waals surface area contributed by atoms with E-state index in [1.54, 1.807) is 30.3 Å². The van der Waals surface area contributed by atoms with Crippen LogP contribution in [0.5, 0.6) is 11.5 Å².